The summed E-state index contributed by atoms with van der Waals surface area (Å²) < 4.78 is 56.6. The molecule has 0 spiro atoms. The van der Waals surface area contributed by atoms with Crippen LogP contribution in [-0.4, -0.2) is 62.3 Å². The van der Waals surface area contributed by atoms with Crippen LogP contribution in [0.3, 0.4) is 0 Å². The molecule has 0 radical (unpaired) electrons. The smallest absolute Gasteiger partial charge is 0.434 e. The minimum atomic E-state index is -4.66. The lowest BCUT2D eigenvalue weighted by Crippen LogP contribution is -2.40. The minimum absolute atomic E-state index is 0.146. The van der Waals surface area contributed by atoms with Crippen molar-refractivity contribution < 1.29 is 32.3 Å². The number of aryl methyl sites for hydroxylation is 1. The number of amides is 1. The largest absolute Gasteiger partial charge is 0.480 e. The number of rotatable bonds is 4. The summed E-state index contributed by atoms with van der Waals surface area (Å²) in [6.07, 6.45) is -2.75. The Morgan fingerprint density at radius 3 is 2.47 bits per heavy atom. The van der Waals surface area contributed by atoms with Gasteiger partial charge in [0.2, 0.25) is 0 Å². The van der Waals surface area contributed by atoms with Crippen molar-refractivity contribution in [3.05, 3.63) is 52.1 Å². The Morgan fingerprint density at radius 2 is 1.82 bits per heavy atom. The van der Waals surface area contributed by atoms with Crippen LogP contribution in [0.5, 0.6) is 0 Å². The number of aliphatic carboxylic acids is 1. The van der Waals surface area contributed by atoms with E-state index in [4.69, 9.17) is 11.6 Å². The number of benzene rings is 1. The summed E-state index contributed by atoms with van der Waals surface area (Å²) in [6, 6.07) is 4.19. The molecule has 1 N–H and O–H groups in total. The van der Waals surface area contributed by atoms with Gasteiger partial charge in [0, 0.05) is 31.1 Å². The van der Waals surface area contributed by atoms with Crippen molar-refractivity contribution in [1.82, 2.24) is 19.7 Å². The number of carbonyl (C=O) groups excluding carboxylic acids is 1. The molecule has 2 fully saturated rings. The highest BCUT2D eigenvalue weighted by Gasteiger charge is 2.37. The fourth-order valence-corrected chi connectivity index (χ4v) is 5.53. The zero-order valence-electron chi connectivity index (χ0n) is 20.3. The molecule has 0 saturated carbocycles. The fraction of sp³-hybridized carbons (Fsp3) is 0.440. The standard InChI is InChI=1S/C25H24ClF4N5O3/c1-13-15-11-16(23(36)34-8-2-3-19(34)24(37)38)18(27)12-20(15)35(32-13)14-6-9-33(10-7-14)21-5-4-17(26)22(31-21)25(28,29)30/h4-5,11-12,14,19H,2-3,6-10H2,1H3,(H,37,38)/t19-/m0/s1. The number of pyridine rings is 1. The lowest BCUT2D eigenvalue weighted by Gasteiger charge is -2.33. The number of carboxylic acids is 1. The number of nitrogens with zero attached hydrogens (tertiary/aromatic N) is 5. The van der Waals surface area contributed by atoms with Gasteiger partial charge in [-0.3, -0.25) is 9.48 Å². The highest BCUT2D eigenvalue weighted by atomic mass is 35.5. The lowest BCUT2D eigenvalue weighted by molar-refractivity contribution is -0.142. The maximum absolute atomic E-state index is 15.2. The van der Waals surface area contributed by atoms with Gasteiger partial charge in [0.25, 0.3) is 5.91 Å². The molecule has 8 nitrogen and oxygen atoms in total. The molecule has 1 atom stereocenters. The number of likely N-dealkylation sites (tertiary alicyclic amines) is 1. The van der Waals surface area contributed by atoms with E-state index in [1.54, 1.807) is 16.5 Å². The third-order valence-electron chi connectivity index (χ3n) is 7.24. The Bertz CT molecular complexity index is 1420. The van der Waals surface area contributed by atoms with Crippen LogP contribution in [-0.2, 0) is 11.0 Å². The fourth-order valence-electron chi connectivity index (χ4n) is 5.32. The number of carbonyl (C=O) groups is 2. The summed E-state index contributed by atoms with van der Waals surface area (Å²) in [5, 5.41) is 14.1. The number of piperidine rings is 1. The SMILES string of the molecule is Cc1nn(C2CCN(c3ccc(Cl)c(C(F)(F)F)n3)CC2)c2cc(F)c(C(=O)N3CCC[C@H]3C(=O)O)cc12. The van der Waals surface area contributed by atoms with Crippen LogP contribution in [0.15, 0.2) is 24.3 Å². The molecule has 0 bridgehead atoms. The van der Waals surface area contributed by atoms with Gasteiger partial charge in [-0.1, -0.05) is 11.6 Å². The molecule has 2 aliphatic rings. The average molecular weight is 554 g/mol. The van der Waals surface area contributed by atoms with Crippen LogP contribution >= 0.6 is 11.6 Å². The Balaban J connectivity index is 1.37. The quantitative estimate of drug-likeness (QED) is 0.453. The van der Waals surface area contributed by atoms with E-state index < -0.39 is 40.6 Å². The number of aromatic nitrogens is 3. The maximum atomic E-state index is 15.2. The highest BCUT2D eigenvalue weighted by Crippen LogP contribution is 2.36. The molecule has 202 valence electrons. The van der Waals surface area contributed by atoms with Crippen molar-refractivity contribution in [1.29, 1.82) is 0 Å². The second kappa shape index (κ2) is 9.72. The molecule has 4 heterocycles. The first kappa shape index (κ1) is 26.2. The zero-order valence-corrected chi connectivity index (χ0v) is 21.1. The first-order valence-electron chi connectivity index (χ1n) is 12.2. The van der Waals surface area contributed by atoms with Crippen molar-refractivity contribution >= 4 is 40.2 Å². The molecule has 1 aromatic carbocycles. The summed E-state index contributed by atoms with van der Waals surface area (Å²) in [5.74, 6) is -2.36. The predicted molar refractivity (Wildman–Crippen MR) is 131 cm³/mol. The summed E-state index contributed by atoms with van der Waals surface area (Å²) in [7, 11) is 0. The van der Waals surface area contributed by atoms with Gasteiger partial charge in [0.05, 0.1) is 27.8 Å². The molecular formula is C25H24ClF4N5O3. The number of carboxylic acid groups (broad SMARTS) is 1. The van der Waals surface area contributed by atoms with E-state index in [0.29, 0.717) is 55.4 Å². The van der Waals surface area contributed by atoms with Gasteiger partial charge in [-0.05, 0) is 50.8 Å². The molecule has 2 aliphatic heterocycles. The Kier molecular flexibility index (Phi) is 6.70. The van der Waals surface area contributed by atoms with E-state index in [-0.39, 0.29) is 24.0 Å². The van der Waals surface area contributed by atoms with E-state index in [0.717, 1.165) is 0 Å². The number of anilines is 1. The van der Waals surface area contributed by atoms with Crippen molar-refractivity contribution in [3.8, 4) is 0 Å². The Morgan fingerprint density at radius 1 is 1.11 bits per heavy atom. The van der Waals surface area contributed by atoms with Crippen LogP contribution in [0, 0.1) is 12.7 Å². The molecule has 2 aromatic heterocycles. The number of hydrogen-bond donors (Lipinski definition) is 1. The normalized spacial score (nSPS) is 18.9. The van der Waals surface area contributed by atoms with E-state index in [1.807, 2.05) is 0 Å². The van der Waals surface area contributed by atoms with Crippen molar-refractivity contribution in [2.24, 2.45) is 0 Å². The monoisotopic (exact) mass is 553 g/mol. The summed E-state index contributed by atoms with van der Waals surface area (Å²) in [6.45, 7) is 2.80. The molecule has 38 heavy (non-hydrogen) atoms. The van der Waals surface area contributed by atoms with Gasteiger partial charge in [0.1, 0.15) is 17.7 Å². The summed E-state index contributed by atoms with van der Waals surface area (Å²) >= 11 is 5.69. The first-order valence-corrected chi connectivity index (χ1v) is 12.5. The van der Waals surface area contributed by atoms with Gasteiger partial charge in [0.15, 0.2) is 5.69 Å². The molecular weight excluding hydrogens is 530 g/mol. The number of alkyl halides is 3. The van der Waals surface area contributed by atoms with Crippen LogP contribution in [0.1, 0.15) is 53.5 Å². The Hall–Kier alpha value is -3.41. The second-order valence-corrected chi connectivity index (χ2v) is 10.00. The maximum Gasteiger partial charge on any atom is 0.434 e. The third kappa shape index (κ3) is 4.65. The number of hydrogen-bond acceptors (Lipinski definition) is 5. The van der Waals surface area contributed by atoms with E-state index in [1.165, 1.54) is 29.2 Å². The molecule has 2 saturated heterocycles. The second-order valence-electron chi connectivity index (χ2n) is 9.59. The van der Waals surface area contributed by atoms with Gasteiger partial charge < -0.3 is 14.9 Å². The Labute approximate surface area is 219 Å². The minimum Gasteiger partial charge on any atom is -0.480 e. The molecule has 13 heteroatoms. The van der Waals surface area contributed by atoms with Crippen LogP contribution < -0.4 is 4.90 Å². The van der Waals surface area contributed by atoms with Crippen LogP contribution in [0.25, 0.3) is 10.9 Å². The zero-order chi connectivity index (χ0) is 27.4. The number of halogens is 5. The first-order chi connectivity index (χ1) is 18.0. The van der Waals surface area contributed by atoms with Gasteiger partial charge in [-0.2, -0.15) is 18.3 Å². The molecule has 0 aliphatic carbocycles. The molecule has 0 unspecified atom stereocenters. The number of fused-ring (bicyclic) bond motifs is 1. The third-order valence-corrected chi connectivity index (χ3v) is 7.55. The van der Waals surface area contributed by atoms with E-state index >= 15 is 4.39 Å². The van der Waals surface area contributed by atoms with Gasteiger partial charge in [-0.25, -0.2) is 14.2 Å². The van der Waals surface area contributed by atoms with E-state index in [9.17, 15) is 27.9 Å². The molecule has 3 aromatic rings. The predicted octanol–water partition coefficient (Wildman–Crippen LogP) is 5.08. The van der Waals surface area contributed by atoms with E-state index in [2.05, 4.69) is 10.1 Å². The van der Waals surface area contributed by atoms with Crippen molar-refractivity contribution in [2.75, 3.05) is 24.5 Å². The van der Waals surface area contributed by atoms with Gasteiger partial charge >= 0.3 is 12.1 Å². The average Bonchev–Trinajstić information content (AvgIpc) is 3.48. The van der Waals surface area contributed by atoms with Crippen molar-refractivity contribution in [3.63, 3.8) is 0 Å². The van der Waals surface area contributed by atoms with Crippen LogP contribution in [0.4, 0.5) is 23.4 Å². The van der Waals surface area contributed by atoms with Crippen molar-refractivity contribution in [2.45, 2.75) is 50.9 Å². The van der Waals surface area contributed by atoms with Crippen LogP contribution in [0.2, 0.25) is 5.02 Å². The lowest BCUT2D eigenvalue weighted by atomic mass is 10.0. The molecule has 5 rings (SSSR count). The summed E-state index contributed by atoms with van der Waals surface area (Å²) in [5.41, 5.74) is -0.244. The highest BCUT2D eigenvalue weighted by molar-refractivity contribution is 6.31. The van der Waals surface area contributed by atoms with Gasteiger partial charge in [-0.15, -0.1) is 0 Å². The molecule has 1 amide bonds. The topological polar surface area (TPSA) is 91.6 Å². The summed E-state index contributed by atoms with van der Waals surface area (Å²) in [4.78, 5) is 31.2.